The van der Waals surface area contributed by atoms with E-state index >= 15 is 0 Å². The van der Waals surface area contributed by atoms with Crippen LogP contribution >= 0.6 is 34.7 Å². The number of nitrogens with one attached hydrogen (secondary N) is 1. The Morgan fingerprint density at radius 1 is 1.12 bits per heavy atom. The highest BCUT2D eigenvalue weighted by Crippen LogP contribution is 2.21. The van der Waals surface area contributed by atoms with Gasteiger partial charge in [0.05, 0.1) is 20.7 Å². The van der Waals surface area contributed by atoms with Gasteiger partial charge < -0.3 is 10.1 Å². The summed E-state index contributed by atoms with van der Waals surface area (Å²) in [6, 6.07) is 8.51. The number of Topliss-reactive ketones (excluding diaryl/α,β-unsaturated/α-hetero) is 1. The minimum atomic E-state index is -0.587. The minimum absolute atomic E-state index is 0.0287. The third kappa shape index (κ3) is 6.85. The fraction of sp³-hybridized carbons (Fsp3) is 0.188. The van der Waals surface area contributed by atoms with Crippen LogP contribution in [0.2, 0.25) is 4.34 Å². The Morgan fingerprint density at radius 2 is 1.84 bits per heavy atom. The summed E-state index contributed by atoms with van der Waals surface area (Å²) in [4.78, 5) is 35.4. The van der Waals surface area contributed by atoms with E-state index in [0.717, 1.165) is 23.1 Å². The summed E-state index contributed by atoms with van der Waals surface area (Å²) >= 11 is 7.90. The van der Waals surface area contributed by atoms with Crippen molar-refractivity contribution in [1.29, 1.82) is 0 Å². The molecule has 0 spiro atoms. The van der Waals surface area contributed by atoms with E-state index in [1.165, 1.54) is 24.3 Å². The van der Waals surface area contributed by atoms with E-state index in [4.69, 9.17) is 16.3 Å². The summed E-state index contributed by atoms with van der Waals surface area (Å²) in [6.45, 7) is -0.363. The zero-order valence-corrected chi connectivity index (χ0v) is 15.2. The Morgan fingerprint density at radius 3 is 2.48 bits per heavy atom. The molecule has 2 rings (SSSR count). The van der Waals surface area contributed by atoms with E-state index < -0.39 is 11.8 Å². The molecule has 1 aromatic carbocycles. The second-order valence-electron chi connectivity index (χ2n) is 4.74. The van der Waals surface area contributed by atoms with Gasteiger partial charge in [-0.3, -0.25) is 14.4 Å². The smallest absolute Gasteiger partial charge is 0.316 e. The standard InChI is InChI=1S/C16H13ClFNO4S2/c17-14-6-5-13(25-14)12(20)7-23-16(22)9-24-8-15(21)19-11-3-1-10(18)2-4-11/h1-6H,7-9H2,(H,19,21). The van der Waals surface area contributed by atoms with Crippen LogP contribution in [0.25, 0.3) is 0 Å². The number of ketones is 1. The summed E-state index contributed by atoms with van der Waals surface area (Å²) < 4.78 is 18.1. The second kappa shape index (κ2) is 9.55. The van der Waals surface area contributed by atoms with E-state index in [1.807, 2.05) is 0 Å². The van der Waals surface area contributed by atoms with Crippen molar-refractivity contribution in [2.75, 3.05) is 23.4 Å². The van der Waals surface area contributed by atoms with Crippen LogP contribution in [0, 0.1) is 5.82 Å². The highest BCUT2D eigenvalue weighted by Gasteiger charge is 2.13. The number of hydrogen-bond donors (Lipinski definition) is 1. The molecule has 2 aromatic rings. The highest BCUT2D eigenvalue weighted by molar-refractivity contribution is 8.00. The Bertz CT molecular complexity index is 764. The largest absolute Gasteiger partial charge is 0.457 e. The number of benzene rings is 1. The lowest BCUT2D eigenvalue weighted by Gasteiger charge is -2.05. The van der Waals surface area contributed by atoms with Crippen molar-refractivity contribution in [2.24, 2.45) is 0 Å². The van der Waals surface area contributed by atoms with Crippen LogP contribution in [-0.4, -0.2) is 35.8 Å². The van der Waals surface area contributed by atoms with Gasteiger partial charge in [-0.2, -0.15) is 0 Å². The van der Waals surface area contributed by atoms with Gasteiger partial charge in [0.1, 0.15) is 5.82 Å². The average molecular weight is 402 g/mol. The van der Waals surface area contributed by atoms with Crippen molar-refractivity contribution in [3.8, 4) is 0 Å². The van der Waals surface area contributed by atoms with E-state index in [0.29, 0.717) is 14.9 Å². The van der Waals surface area contributed by atoms with Gasteiger partial charge in [0.15, 0.2) is 6.61 Å². The van der Waals surface area contributed by atoms with Crippen LogP contribution in [0.4, 0.5) is 10.1 Å². The molecule has 9 heteroatoms. The fourth-order valence-electron chi connectivity index (χ4n) is 1.68. The van der Waals surface area contributed by atoms with E-state index in [-0.39, 0.29) is 29.8 Å². The van der Waals surface area contributed by atoms with Gasteiger partial charge in [-0.15, -0.1) is 23.1 Å². The van der Waals surface area contributed by atoms with Crippen LogP contribution in [0.5, 0.6) is 0 Å². The van der Waals surface area contributed by atoms with Crippen LogP contribution < -0.4 is 5.32 Å². The monoisotopic (exact) mass is 401 g/mol. The molecule has 1 aromatic heterocycles. The third-order valence-electron chi connectivity index (χ3n) is 2.79. The molecule has 0 atom stereocenters. The van der Waals surface area contributed by atoms with Gasteiger partial charge in [0.2, 0.25) is 11.7 Å². The normalized spacial score (nSPS) is 10.3. The van der Waals surface area contributed by atoms with Crippen LogP contribution in [-0.2, 0) is 14.3 Å². The maximum Gasteiger partial charge on any atom is 0.316 e. The van der Waals surface area contributed by atoms with Crippen LogP contribution in [0.15, 0.2) is 36.4 Å². The zero-order valence-electron chi connectivity index (χ0n) is 12.8. The molecule has 132 valence electrons. The fourth-order valence-corrected chi connectivity index (χ4v) is 3.26. The predicted octanol–water partition coefficient (Wildman–Crippen LogP) is 3.64. The Hall–Kier alpha value is -1.90. The molecular formula is C16H13ClFNO4S2. The Labute approximate surface area is 156 Å². The van der Waals surface area contributed by atoms with Crippen molar-refractivity contribution in [3.63, 3.8) is 0 Å². The van der Waals surface area contributed by atoms with Crippen molar-refractivity contribution in [2.45, 2.75) is 0 Å². The number of carbonyl (C=O) groups is 3. The first-order chi connectivity index (χ1) is 11.9. The predicted molar refractivity (Wildman–Crippen MR) is 97.0 cm³/mol. The lowest BCUT2D eigenvalue weighted by molar-refractivity contribution is -0.139. The van der Waals surface area contributed by atoms with E-state index in [2.05, 4.69) is 5.32 Å². The highest BCUT2D eigenvalue weighted by atomic mass is 35.5. The number of thioether (sulfide) groups is 1. The van der Waals surface area contributed by atoms with E-state index in [9.17, 15) is 18.8 Å². The number of ether oxygens (including phenoxy) is 1. The molecule has 1 N–H and O–H groups in total. The molecular weight excluding hydrogens is 389 g/mol. The Balaban J connectivity index is 1.63. The van der Waals surface area contributed by atoms with Crippen molar-refractivity contribution >= 4 is 58.0 Å². The number of rotatable bonds is 8. The maximum absolute atomic E-state index is 12.8. The summed E-state index contributed by atoms with van der Waals surface area (Å²) in [6.07, 6.45) is 0. The van der Waals surface area contributed by atoms with Crippen LogP contribution in [0.3, 0.4) is 0 Å². The van der Waals surface area contributed by atoms with Crippen molar-refractivity contribution in [3.05, 3.63) is 51.4 Å². The molecule has 0 fully saturated rings. The molecule has 0 bridgehead atoms. The van der Waals surface area contributed by atoms with Crippen molar-refractivity contribution in [1.82, 2.24) is 0 Å². The Kier molecular flexibility index (Phi) is 7.42. The molecule has 0 unspecified atom stereocenters. The number of esters is 1. The molecule has 0 aliphatic heterocycles. The summed E-state index contributed by atoms with van der Waals surface area (Å²) in [5.41, 5.74) is 0.467. The number of anilines is 1. The first kappa shape index (κ1) is 19.4. The molecule has 0 aliphatic carbocycles. The summed E-state index contributed by atoms with van der Waals surface area (Å²) in [5, 5.41) is 2.57. The van der Waals surface area contributed by atoms with Gasteiger partial charge in [0.25, 0.3) is 0 Å². The maximum atomic E-state index is 12.8. The van der Waals surface area contributed by atoms with Crippen LogP contribution in [0.1, 0.15) is 9.67 Å². The number of carbonyl (C=O) groups excluding carboxylic acids is 3. The molecule has 5 nitrogen and oxygen atoms in total. The second-order valence-corrected chi connectivity index (χ2v) is 7.44. The summed E-state index contributed by atoms with van der Waals surface area (Å²) in [7, 11) is 0. The molecule has 0 saturated heterocycles. The van der Waals surface area contributed by atoms with Crippen molar-refractivity contribution < 1.29 is 23.5 Å². The molecule has 0 aliphatic rings. The minimum Gasteiger partial charge on any atom is -0.457 e. The van der Waals surface area contributed by atoms with Gasteiger partial charge in [0, 0.05) is 5.69 Å². The first-order valence-corrected chi connectivity index (χ1v) is 9.36. The molecule has 0 saturated carbocycles. The lowest BCUT2D eigenvalue weighted by atomic mass is 10.3. The van der Waals surface area contributed by atoms with Gasteiger partial charge in [-0.1, -0.05) is 11.6 Å². The van der Waals surface area contributed by atoms with E-state index in [1.54, 1.807) is 12.1 Å². The molecule has 1 heterocycles. The first-order valence-electron chi connectivity index (χ1n) is 7.01. The number of halogens is 2. The number of thiophene rings is 1. The average Bonchev–Trinajstić information content (AvgIpc) is 3.01. The quantitative estimate of drug-likeness (QED) is 0.540. The summed E-state index contributed by atoms with van der Waals surface area (Å²) in [5.74, 6) is -1.67. The number of hydrogen-bond acceptors (Lipinski definition) is 6. The topological polar surface area (TPSA) is 72.5 Å². The van der Waals surface area contributed by atoms with Gasteiger partial charge >= 0.3 is 5.97 Å². The zero-order chi connectivity index (χ0) is 18.2. The molecule has 0 radical (unpaired) electrons. The SMILES string of the molecule is O=C(CSCC(=O)OCC(=O)c1ccc(Cl)s1)Nc1ccc(F)cc1. The molecule has 25 heavy (non-hydrogen) atoms. The molecule has 1 amide bonds. The number of amides is 1. The third-order valence-corrected chi connectivity index (χ3v) is 4.97. The van der Waals surface area contributed by atoms with Gasteiger partial charge in [-0.25, -0.2) is 4.39 Å². The van der Waals surface area contributed by atoms with Gasteiger partial charge in [-0.05, 0) is 36.4 Å². The lowest BCUT2D eigenvalue weighted by Crippen LogP contribution is -2.18.